The fourth-order valence-electron chi connectivity index (χ4n) is 5.91. The topological polar surface area (TPSA) is 46.2 Å². The minimum atomic E-state index is -3.49. The summed E-state index contributed by atoms with van der Waals surface area (Å²) in [4.78, 5) is 0. The zero-order valence-corrected chi connectivity index (χ0v) is 31.1. The van der Waals surface area contributed by atoms with Crippen LogP contribution in [0, 0.1) is 22.9 Å². The quantitative estimate of drug-likeness (QED) is 0.135. The average Bonchev–Trinajstić information content (AvgIpc) is 3.21. The third-order valence-electron chi connectivity index (χ3n) is 8.50. The van der Waals surface area contributed by atoms with Crippen molar-refractivity contribution in [3.63, 3.8) is 0 Å². The van der Waals surface area contributed by atoms with Gasteiger partial charge in [-0.1, -0.05) is 144 Å². The number of benzene rings is 6. The van der Waals surface area contributed by atoms with Crippen LogP contribution in [-0.4, -0.2) is 45.1 Å². The van der Waals surface area contributed by atoms with Crippen LogP contribution in [0.25, 0.3) is 0 Å². The molecule has 0 saturated carbocycles. The molecule has 7 heteroatoms. The normalized spacial score (nSPS) is 10.9. The Labute approximate surface area is 302 Å². The van der Waals surface area contributed by atoms with E-state index in [1.165, 1.54) is 0 Å². The first-order chi connectivity index (χ1) is 25.0. The highest BCUT2D eigenvalue weighted by Gasteiger charge is 2.50. The molecule has 0 fully saturated rings. The van der Waals surface area contributed by atoms with Gasteiger partial charge in [0.2, 0.25) is 0 Å². The summed E-state index contributed by atoms with van der Waals surface area (Å²) >= 11 is 0. The molecule has 0 amide bonds. The summed E-state index contributed by atoms with van der Waals surface area (Å²) < 4.78 is 30.5. The van der Waals surface area contributed by atoms with Gasteiger partial charge in [-0.25, -0.2) is 0 Å². The first kappa shape index (κ1) is 34.9. The lowest BCUT2D eigenvalue weighted by Crippen LogP contribution is -2.72. The molecule has 0 unspecified atom stereocenters. The Hall–Kier alpha value is -5.97. The van der Waals surface area contributed by atoms with Crippen LogP contribution in [0.2, 0.25) is 0 Å². The maximum atomic E-state index is 8.05. The molecule has 5 nitrogen and oxygen atoms in total. The van der Waals surface area contributed by atoms with Crippen molar-refractivity contribution in [1.82, 2.24) is 0 Å². The third-order valence-corrected chi connectivity index (χ3v) is 16.5. The third kappa shape index (κ3) is 7.77. The monoisotopic (exact) mass is 702 g/mol. The minimum Gasteiger partial charge on any atom is -0.497 e. The Kier molecular flexibility index (Phi) is 11.1. The van der Waals surface area contributed by atoms with E-state index in [1.807, 2.05) is 109 Å². The zero-order chi connectivity index (χ0) is 35.5. The summed E-state index contributed by atoms with van der Waals surface area (Å²) in [7, 11) is -0.438. The maximum absolute atomic E-state index is 8.05. The number of ether oxygens (including phenoxy) is 4. The van der Waals surface area contributed by atoms with E-state index in [9.17, 15) is 0 Å². The maximum Gasteiger partial charge on any atom is 0.328 e. The van der Waals surface area contributed by atoms with Gasteiger partial charge in [-0.2, -0.15) is 0 Å². The SMILES string of the molecule is COc1cc(C#C[Si](O[Si](C#Cc2cc(OC)cc(OC)c2)(c2ccccc2)c2ccccc2)(c2ccccc2)c2ccccc2)cc(OC)c1. The van der Waals surface area contributed by atoms with Crippen LogP contribution in [0.5, 0.6) is 23.0 Å². The lowest BCUT2D eigenvalue weighted by atomic mass is 10.2. The molecule has 0 aliphatic heterocycles. The smallest absolute Gasteiger partial charge is 0.328 e. The molecular formula is C44H38O5Si2. The van der Waals surface area contributed by atoms with Gasteiger partial charge in [-0.05, 0) is 45.0 Å². The van der Waals surface area contributed by atoms with Crippen molar-refractivity contribution in [1.29, 1.82) is 0 Å². The molecule has 6 aromatic rings. The Balaban J connectivity index is 1.70. The standard InChI is InChI=1S/C44H38O5Si2/c1-45-37-29-35(30-38(33-37)46-2)25-27-50(41-17-9-5-10-18-41,42-19-11-6-12-20-42)49-51(43-21-13-7-14-22-43,44-23-15-8-16-24-44)28-26-36-31-39(47-3)34-40(32-36)48-4/h5-24,29-34H,1-4H3. The van der Waals surface area contributed by atoms with E-state index in [0.29, 0.717) is 23.0 Å². The molecule has 0 heterocycles. The number of hydrogen-bond donors (Lipinski definition) is 0. The van der Waals surface area contributed by atoms with Crippen molar-refractivity contribution in [2.24, 2.45) is 0 Å². The lowest BCUT2D eigenvalue weighted by molar-refractivity contribution is 0.394. The zero-order valence-electron chi connectivity index (χ0n) is 29.1. The fourth-order valence-corrected chi connectivity index (χ4v) is 14.6. The van der Waals surface area contributed by atoms with Crippen LogP contribution in [0.15, 0.2) is 158 Å². The molecule has 0 aromatic heterocycles. The molecule has 0 aliphatic carbocycles. The largest absolute Gasteiger partial charge is 0.497 e. The molecule has 0 atom stereocenters. The summed E-state index contributed by atoms with van der Waals surface area (Å²) in [6, 6.07) is 52.7. The van der Waals surface area contributed by atoms with Crippen molar-refractivity contribution in [2.45, 2.75) is 0 Å². The van der Waals surface area contributed by atoms with Crippen LogP contribution in [0.1, 0.15) is 11.1 Å². The van der Waals surface area contributed by atoms with Gasteiger partial charge in [-0.15, -0.1) is 0 Å². The molecule has 0 saturated heterocycles. The van der Waals surface area contributed by atoms with E-state index in [4.69, 9.17) is 23.1 Å². The summed E-state index contributed by atoms with van der Waals surface area (Å²) in [5.41, 5.74) is 9.09. The first-order valence-electron chi connectivity index (χ1n) is 16.5. The Morgan fingerprint density at radius 1 is 0.353 bits per heavy atom. The molecule has 0 spiro atoms. The predicted molar refractivity (Wildman–Crippen MR) is 210 cm³/mol. The van der Waals surface area contributed by atoms with Crippen LogP contribution in [0.3, 0.4) is 0 Å². The van der Waals surface area contributed by atoms with Gasteiger partial charge in [0.25, 0.3) is 0 Å². The van der Waals surface area contributed by atoms with E-state index in [-0.39, 0.29) is 0 Å². The number of methoxy groups -OCH3 is 4. The van der Waals surface area contributed by atoms with Gasteiger partial charge in [0.15, 0.2) is 0 Å². The lowest BCUT2D eigenvalue weighted by Gasteiger charge is -2.37. The van der Waals surface area contributed by atoms with Crippen LogP contribution < -0.4 is 39.7 Å². The van der Waals surface area contributed by atoms with Crippen molar-refractivity contribution in [3.05, 3.63) is 169 Å². The summed E-state index contributed by atoms with van der Waals surface area (Å²) in [6.45, 7) is 0. The van der Waals surface area contributed by atoms with E-state index >= 15 is 0 Å². The van der Waals surface area contributed by atoms with Crippen LogP contribution >= 0.6 is 0 Å². The van der Waals surface area contributed by atoms with E-state index in [0.717, 1.165) is 31.9 Å². The molecule has 252 valence electrons. The highest BCUT2D eigenvalue weighted by atomic mass is 28.4. The van der Waals surface area contributed by atoms with Gasteiger partial charge in [0.1, 0.15) is 23.0 Å². The van der Waals surface area contributed by atoms with Gasteiger partial charge in [-0.3, -0.25) is 0 Å². The summed E-state index contributed by atoms with van der Waals surface area (Å²) in [5.74, 6) is 9.68. The fraction of sp³-hybridized carbons (Fsp3) is 0.0909. The summed E-state index contributed by atoms with van der Waals surface area (Å²) in [6.07, 6.45) is 0. The Bertz CT molecular complexity index is 1900. The summed E-state index contributed by atoms with van der Waals surface area (Å²) in [5, 5.41) is 4.03. The van der Waals surface area contributed by atoms with E-state index < -0.39 is 16.6 Å². The van der Waals surface area contributed by atoms with E-state index in [1.54, 1.807) is 28.4 Å². The number of hydrogen-bond acceptors (Lipinski definition) is 5. The number of rotatable bonds is 10. The van der Waals surface area contributed by atoms with Crippen LogP contribution in [-0.2, 0) is 4.12 Å². The second kappa shape index (κ2) is 16.2. The second-order valence-electron chi connectivity index (χ2n) is 11.6. The van der Waals surface area contributed by atoms with Crippen LogP contribution in [0.4, 0.5) is 0 Å². The van der Waals surface area contributed by atoms with E-state index in [2.05, 4.69) is 71.5 Å². The first-order valence-corrected chi connectivity index (χ1v) is 20.3. The van der Waals surface area contributed by atoms with Crippen molar-refractivity contribution in [3.8, 4) is 45.9 Å². The molecule has 51 heavy (non-hydrogen) atoms. The molecule has 0 N–H and O–H groups in total. The Morgan fingerprint density at radius 3 is 0.843 bits per heavy atom. The van der Waals surface area contributed by atoms with Crippen molar-refractivity contribution < 1.29 is 23.1 Å². The molecule has 6 aromatic carbocycles. The highest BCUT2D eigenvalue weighted by molar-refractivity contribution is 7.14. The van der Waals surface area contributed by atoms with Crippen molar-refractivity contribution >= 4 is 37.4 Å². The second-order valence-corrected chi connectivity index (χ2v) is 18.0. The van der Waals surface area contributed by atoms with Gasteiger partial charge >= 0.3 is 16.6 Å². The Morgan fingerprint density at radius 2 is 0.608 bits per heavy atom. The van der Waals surface area contributed by atoms with Crippen molar-refractivity contribution in [2.75, 3.05) is 28.4 Å². The van der Waals surface area contributed by atoms with Gasteiger partial charge < -0.3 is 23.1 Å². The molecule has 6 rings (SSSR count). The minimum absolute atomic E-state index is 0.656. The predicted octanol–water partition coefficient (Wildman–Crippen LogP) is 5.74. The van der Waals surface area contributed by atoms with Gasteiger partial charge in [0.05, 0.1) is 28.4 Å². The average molecular weight is 703 g/mol. The molecule has 0 bridgehead atoms. The molecule has 0 aliphatic rings. The highest BCUT2D eigenvalue weighted by Crippen LogP contribution is 2.24. The molecule has 0 radical (unpaired) electrons. The van der Waals surface area contributed by atoms with Gasteiger partial charge in [0, 0.05) is 23.3 Å². The molecular weight excluding hydrogens is 665 g/mol.